The van der Waals surface area contributed by atoms with E-state index in [4.69, 9.17) is 5.26 Å². The van der Waals surface area contributed by atoms with E-state index in [9.17, 15) is 31.9 Å². The number of benzene rings is 1. The summed E-state index contributed by atoms with van der Waals surface area (Å²) < 4.78 is 68.5. The van der Waals surface area contributed by atoms with Gasteiger partial charge >= 0.3 is 6.18 Å². The van der Waals surface area contributed by atoms with Gasteiger partial charge in [-0.15, -0.1) is 0 Å². The molecule has 0 saturated carbocycles. The molecule has 1 N–H and O–H groups in total. The summed E-state index contributed by atoms with van der Waals surface area (Å²) in [4.78, 5) is 11.7. The molecule has 0 aliphatic carbocycles. The van der Waals surface area contributed by atoms with Crippen molar-refractivity contribution in [2.75, 3.05) is 4.90 Å². The number of anilines is 1. The normalized spacial score (nSPS) is 18.6. The minimum atomic E-state index is -5.03. The van der Waals surface area contributed by atoms with Crippen molar-refractivity contribution < 1.29 is 36.6 Å². The van der Waals surface area contributed by atoms with Crippen molar-refractivity contribution in [1.82, 2.24) is 0 Å². The molecule has 1 heterocycles. The number of amides is 1. The third-order valence-corrected chi connectivity index (χ3v) is 2.64. The predicted octanol–water partition coefficient (Wildman–Crippen LogP) is 1.92. The van der Waals surface area contributed by atoms with Crippen LogP contribution in [-0.4, -0.2) is 23.6 Å². The van der Waals surface area contributed by atoms with Crippen molar-refractivity contribution in [3.05, 3.63) is 41.2 Å². The largest absolute Gasteiger partial charge is 0.449 e. The van der Waals surface area contributed by atoms with Gasteiger partial charge < -0.3 is 9.84 Å². The van der Waals surface area contributed by atoms with Gasteiger partial charge in [-0.3, -0.25) is 4.79 Å². The van der Waals surface area contributed by atoms with Gasteiger partial charge in [0, 0.05) is 6.07 Å². The van der Waals surface area contributed by atoms with E-state index in [2.05, 4.69) is 4.74 Å². The van der Waals surface area contributed by atoms with Gasteiger partial charge in [-0.25, -0.2) is 13.7 Å². The van der Waals surface area contributed by atoms with Gasteiger partial charge in [0.2, 0.25) is 5.76 Å². The number of alkyl halides is 3. The summed E-state index contributed by atoms with van der Waals surface area (Å²) in [6.45, 7) is 0. The minimum Gasteiger partial charge on any atom is -0.441 e. The molecule has 1 aromatic rings. The highest BCUT2D eigenvalue weighted by molar-refractivity contribution is 6.02. The van der Waals surface area contributed by atoms with Crippen molar-refractivity contribution in [3.8, 4) is 6.07 Å². The molecule has 10 heteroatoms. The quantitative estimate of drug-likeness (QED) is 0.802. The maximum atomic E-state index is 13.8. The zero-order valence-electron chi connectivity index (χ0n) is 10.4. The molecule has 0 saturated heterocycles. The van der Waals surface area contributed by atoms with Crippen LogP contribution in [0.25, 0.3) is 0 Å². The first-order chi connectivity index (χ1) is 10.1. The van der Waals surface area contributed by atoms with Crippen molar-refractivity contribution in [1.29, 1.82) is 5.26 Å². The SMILES string of the molecule is N#Cc1cc(F)c(N2C(=O)C=C(C(F)(F)F)OC2O)cc1F. The summed E-state index contributed by atoms with van der Waals surface area (Å²) in [5.41, 5.74) is -1.54. The lowest BCUT2D eigenvalue weighted by molar-refractivity contribution is -0.178. The summed E-state index contributed by atoms with van der Waals surface area (Å²) in [6.07, 6.45) is -7.55. The van der Waals surface area contributed by atoms with E-state index in [0.717, 1.165) is 0 Å². The fourth-order valence-corrected chi connectivity index (χ4v) is 1.68. The van der Waals surface area contributed by atoms with Crippen LogP contribution < -0.4 is 4.90 Å². The molecule has 0 fully saturated rings. The minimum absolute atomic E-state index is 0.0116. The monoisotopic (exact) mass is 320 g/mol. The van der Waals surface area contributed by atoms with Crippen molar-refractivity contribution in [2.24, 2.45) is 0 Å². The molecule has 116 valence electrons. The van der Waals surface area contributed by atoms with Gasteiger partial charge in [0.05, 0.1) is 17.3 Å². The molecule has 0 radical (unpaired) electrons. The Labute approximate surface area is 119 Å². The third kappa shape index (κ3) is 2.71. The van der Waals surface area contributed by atoms with Crippen LogP contribution >= 0.6 is 0 Å². The van der Waals surface area contributed by atoms with E-state index in [1.165, 1.54) is 6.07 Å². The topological polar surface area (TPSA) is 73.6 Å². The average molecular weight is 320 g/mol. The van der Waals surface area contributed by atoms with Crippen molar-refractivity contribution in [3.63, 3.8) is 0 Å². The number of halogens is 5. The van der Waals surface area contributed by atoms with Gasteiger partial charge in [-0.1, -0.05) is 0 Å². The van der Waals surface area contributed by atoms with Gasteiger partial charge in [0.15, 0.2) is 0 Å². The molecule has 1 aromatic carbocycles. The second kappa shape index (κ2) is 5.27. The lowest BCUT2D eigenvalue weighted by Gasteiger charge is -2.32. The zero-order valence-corrected chi connectivity index (χ0v) is 10.4. The molecule has 0 bridgehead atoms. The fraction of sp³-hybridized carbons (Fsp3) is 0.167. The van der Waals surface area contributed by atoms with E-state index in [1.807, 2.05) is 0 Å². The van der Waals surface area contributed by atoms with Crippen LogP contribution in [0.15, 0.2) is 24.0 Å². The summed E-state index contributed by atoms with van der Waals surface area (Å²) in [5, 5.41) is 18.0. The molecular weight excluding hydrogens is 315 g/mol. The van der Waals surface area contributed by atoms with Gasteiger partial charge in [-0.2, -0.15) is 18.4 Å². The van der Waals surface area contributed by atoms with Crippen molar-refractivity contribution in [2.45, 2.75) is 12.6 Å². The Morgan fingerprint density at radius 1 is 1.27 bits per heavy atom. The highest BCUT2D eigenvalue weighted by Gasteiger charge is 2.43. The molecule has 1 unspecified atom stereocenters. The molecular formula is C12H5F5N2O3. The fourth-order valence-electron chi connectivity index (χ4n) is 1.68. The Hall–Kier alpha value is -2.67. The molecule has 1 atom stereocenters. The summed E-state index contributed by atoms with van der Waals surface area (Å²) in [7, 11) is 0. The van der Waals surface area contributed by atoms with Crippen LogP contribution in [0.5, 0.6) is 0 Å². The van der Waals surface area contributed by atoms with E-state index < -0.39 is 47.1 Å². The summed E-state index contributed by atoms with van der Waals surface area (Å²) in [6, 6.07) is 2.17. The van der Waals surface area contributed by atoms with Crippen molar-refractivity contribution >= 4 is 11.6 Å². The summed E-state index contributed by atoms with van der Waals surface area (Å²) >= 11 is 0. The Bertz CT molecular complexity index is 708. The van der Waals surface area contributed by atoms with E-state index in [-0.39, 0.29) is 11.0 Å². The Morgan fingerprint density at radius 2 is 1.91 bits per heavy atom. The third-order valence-electron chi connectivity index (χ3n) is 2.64. The second-order valence-electron chi connectivity index (χ2n) is 4.05. The molecule has 1 aliphatic rings. The first-order valence-electron chi connectivity index (χ1n) is 5.51. The van der Waals surface area contributed by atoms with Crippen LogP contribution in [-0.2, 0) is 9.53 Å². The van der Waals surface area contributed by atoms with Crippen LogP contribution in [0.2, 0.25) is 0 Å². The number of aliphatic hydroxyl groups is 1. The van der Waals surface area contributed by atoms with Gasteiger partial charge in [0.1, 0.15) is 17.7 Å². The Morgan fingerprint density at radius 3 is 2.41 bits per heavy atom. The smallest absolute Gasteiger partial charge is 0.441 e. The number of nitrogens with zero attached hydrogens (tertiary/aromatic N) is 2. The number of hydrogen-bond donors (Lipinski definition) is 1. The number of allylic oxidation sites excluding steroid dienone is 1. The van der Waals surface area contributed by atoms with Gasteiger partial charge in [0.25, 0.3) is 12.3 Å². The predicted molar refractivity (Wildman–Crippen MR) is 59.8 cm³/mol. The number of rotatable bonds is 1. The highest BCUT2D eigenvalue weighted by atomic mass is 19.4. The molecule has 2 rings (SSSR count). The van der Waals surface area contributed by atoms with E-state index in [1.54, 1.807) is 0 Å². The number of ether oxygens (including phenoxy) is 1. The average Bonchev–Trinajstić information content (AvgIpc) is 2.40. The first kappa shape index (κ1) is 15.7. The maximum Gasteiger partial charge on any atom is 0.449 e. The molecule has 0 aromatic heterocycles. The maximum absolute atomic E-state index is 13.8. The first-order valence-corrected chi connectivity index (χ1v) is 5.51. The number of nitriles is 1. The van der Waals surface area contributed by atoms with E-state index in [0.29, 0.717) is 12.1 Å². The number of aliphatic hydroxyl groups excluding tert-OH is 1. The second-order valence-corrected chi connectivity index (χ2v) is 4.05. The summed E-state index contributed by atoms with van der Waals surface area (Å²) in [5.74, 6) is -5.74. The number of hydrogen-bond acceptors (Lipinski definition) is 4. The lowest BCUT2D eigenvalue weighted by Crippen LogP contribution is -2.46. The number of carbonyl (C=O) groups excluding carboxylic acids is 1. The zero-order chi connectivity index (χ0) is 16.7. The van der Waals surface area contributed by atoms with Crippen LogP contribution in [0.1, 0.15) is 5.56 Å². The number of carbonyl (C=O) groups is 1. The molecule has 1 aliphatic heterocycles. The molecule has 22 heavy (non-hydrogen) atoms. The van der Waals surface area contributed by atoms with Crippen LogP contribution in [0.3, 0.4) is 0 Å². The van der Waals surface area contributed by atoms with Crippen LogP contribution in [0.4, 0.5) is 27.6 Å². The Kier molecular flexibility index (Phi) is 3.76. The molecule has 0 spiro atoms. The van der Waals surface area contributed by atoms with Gasteiger partial charge in [-0.05, 0) is 6.07 Å². The lowest BCUT2D eigenvalue weighted by atomic mass is 10.1. The highest BCUT2D eigenvalue weighted by Crippen LogP contribution is 2.33. The Balaban J connectivity index is 2.47. The molecule has 5 nitrogen and oxygen atoms in total. The molecule has 1 amide bonds. The standard InChI is InChI=1S/C12H5F5N2O3/c13-6-2-8(7(14)1-5(6)4-18)19-10(20)3-9(12(15,16)17)22-11(19)21/h1-3,11,21H. The van der Waals surface area contributed by atoms with Crippen LogP contribution in [0, 0.1) is 23.0 Å². The van der Waals surface area contributed by atoms with E-state index >= 15 is 0 Å².